The molecule has 1 N–H and O–H groups in total. The van der Waals surface area contributed by atoms with E-state index in [0.717, 1.165) is 34.4 Å². The first kappa shape index (κ1) is 20.5. The molecule has 0 unspecified atom stereocenters. The van der Waals surface area contributed by atoms with Crippen LogP contribution in [0.5, 0.6) is 0 Å². The number of benzene rings is 3. The molecular weight excluding hydrogens is 405 g/mol. The summed E-state index contributed by atoms with van der Waals surface area (Å²) in [4.78, 5) is 28.4. The lowest BCUT2D eigenvalue weighted by Gasteiger charge is -2.11. The van der Waals surface area contributed by atoms with Crippen molar-refractivity contribution in [3.63, 3.8) is 0 Å². The number of Topliss-reactive ketones (excluding diaryl/α,β-unsaturated/α-hetero) is 1. The number of carbonyl (C=O) groups excluding carboxylic acids is 2. The lowest BCUT2D eigenvalue weighted by molar-refractivity contribution is -0.137. The summed E-state index contributed by atoms with van der Waals surface area (Å²) in [6.45, 7) is 1.92. The van der Waals surface area contributed by atoms with Gasteiger partial charge in [0.25, 0.3) is 5.91 Å². The minimum atomic E-state index is -4.52. The highest BCUT2D eigenvalue weighted by atomic mass is 19.4. The van der Waals surface area contributed by atoms with Crippen LogP contribution >= 0.6 is 0 Å². The molecule has 0 bridgehead atoms. The number of amides is 1. The van der Waals surface area contributed by atoms with Crippen LogP contribution < -0.4 is 5.32 Å². The highest BCUT2D eigenvalue weighted by Crippen LogP contribution is 2.30. The van der Waals surface area contributed by atoms with Gasteiger partial charge in [-0.15, -0.1) is 0 Å². The number of nitrogens with one attached hydrogen (secondary N) is 1. The molecule has 0 aromatic heterocycles. The van der Waals surface area contributed by atoms with Crippen LogP contribution in [0.3, 0.4) is 0 Å². The minimum Gasteiger partial charge on any atom is -0.322 e. The molecule has 0 aliphatic carbocycles. The zero-order chi connectivity index (χ0) is 22.2. The van der Waals surface area contributed by atoms with Crippen molar-refractivity contribution in [3.05, 3.63) is 89.0 Å². The van der Waals surface area contributed by atoms with E-state index in [0.29, 0.717) is 17.9 Å². The monoisotopic (exact) mass is 422 g/mol. The second-order valence-corrected chi connectivity index (χ2v) is 7.21. The zero-order valence-corrected chi connectivity index (χ0v) is 16.5. The largest absolute Gasteiger partial charge is 0.416 e. The van der Waals surface area contributed by atoms with E-state index in [4.69, 9.17) is 0 Å². The molecule has 31 heavy (non-hydrogen) atoms. The van der Waals surface area contributed by atoms with Gasteiger partial charge in [-0.05, 0) is 53.1 Å². The third-order valence-electron chi connectivity index (χ3n) is 5.01. The molecule has 0 atom stereocenters. The first-order chi connectivity index (χ1) is 14.7. The number of nitrogens with zero attached hydrogens (tertiary/aromatic N) is 1. The molecule has 4 nitrogen and oxygen atoms in total. The molecule has 156 valence electrons. The molecule has 4 rings (SSSR count). The first-order valence-corrected chi connectivity index (χ1v) is 9.50. The summed E-state index contributed by atoms with van der Waals surface area (Å²) in [5, 5.41) is 2.65. The fourth-order valence-electron chi connectivity index (χ4n) is 3.50. The maximum absolute atomic E-state index is 12.9. The summed E-state index contributed by atoms with van der Waals surface area (Å²) in [5.74, 6) is -0.706. The maximum atomic E-state index is 12.9. The highest BCUT2D eigenvalue weighted by Gasteiger charge is 2.30. The van der Waals surface area contributed by atoms with E-state index >= 15 is 0 Å². The van der Waals surface area contributed by atoms with Crippen LogP contribution in [0.1, 0.15) is 34.0 Å². The van der Waals surface area contributed by atoms with Crippen molar-refractivity contribution in [2.24, 2.45) is 4.99 Å². The van der Waals surface area contributed by atoms with E-state index in [9.17, 15) is 22.8 Å². The Kier molecular flexibility index (Phi) is 5.19. The Hall–Kier alpha value is -3.74. The number of ketones is 1. The molecular formula is C24H17F3N2O2. The molecule has 1 aliphatic heterocycles. The molecule has 1 heterocycles. The van der Waals surface area contributed by atoms with Crippen LogP contribution in [-0.4, -0.2) is 17.4 Å². The van der Waals surface area contributed by atoms with Gasteiger partial charge in [-0.1, -0.05) is 30.3 Å². The quantitative estimate of drug-likeness (QED) is 0.602. The SMILES string of the molecule is CC(=O)C1=NCc2cc(-c3cccc(NC(=O)c4cccc(C(F)(F)F)c4)c3)ccc21. The molecule has 0 spiro atoms. The van der Waals surface area contributed by atoms with Crippen LogP contribution in [-0.2, 0) is 17.5 Å². The van der Waals surface area contributed by atoms with E-state index in [1.54, 1.807) is 18.2 Å². The van der Waals surface area contributed by atoms with Crippen molar-refractivity contribution in [2.75, 3.05) is 5.32 Å². The summed E-state index contributed by atoms with van der Waals surface area (Å²) in [7, 11) is 0. The van der Waals surface area contributed by atoms with Crippen molar-refractivity contribution >= 4 is 23.1 Å². The van der Waals surface area contributed by atoms with Gasteiger partial charge in [-0.3, -0.25) is 14.6 Å². The molecule has 0 saturated heterocycles. The number of rotatable bonds is 4. The molecule has 3 aromatic rings. The molecule has 0 saturated carbocycles. The Morgan fingerprint density at radius 3 is 2.42 bits per heavy atom. The van der Waals surface area contributed by atoms with Crippen molar-refractivity contribution in [3.8, 4) is 11.1 Å². The third-order valence-corrected chi connectivity index (χ3v) is 5.01. The summed E-state index contributed by atoms with van der Waals surface area (Å²) >= 11 is 0. The topological polar surface area (TPSA) is 58.5 Å². The minimum absolute atomic E-state index is 0.0772. The Morgan fingerprint density at radius 1 is 0.935 bits per heavy atom. The summed E-state index contributed by atoms with van der Waals surface area (Å²) in [6.07, 6.45) is -4.52. The summed E-state index contributed by atoms with van der Waals surface area (Å²) in [6, 6.07) is 17.0. The average molecular weight is 422 g/mol. The molecule has 0 fully saturated rings. The molecule has 1 amide bonds. The summed E-state index contributed by atoms with van der Waals surface area (Å²) in [5.41, 5.74) is 3.46. The number of aliphatic imine (C=N–C) groups is 1. The Labute approximate surface area is 176 Å². The van der Waals surface area contributed by atoms with Crippen LogP contribution in [0, 0.1) is 0 Å². The Bertz CT molecular complexity index is 1230. The maximum Gasteiger partial charge on any atom is 0.416 e. The van der Waals surface area contributed by atoms with Crippen LogP contribution in [0.4, 0.5) is 18.9 Å². The molecule has 7 heteroatoms. The van der Waals surface area contributed by atoms with Crippen molar-refractivity contribution in [2.45, 2.75) is 19.6 Å². The van der Waals surface area contributed by atoms with Gasteiger partial charge in [0.05, 0.1) is 12.1 Å². The number of hydrogen-bond acceptors (Lipinski definition) is 3. The smallest absolute Gasteiger partial charge is 0.322 e. The molecule has 1 aliphatic rings. The lowest BCUT2D eigenvalue weighted by atomic mass is 9.97. The van der Waals surface area contributed by atoms with E-state index in [2.05, 4.69) is 10.3 Å². The average Bonchev–Trinajstić information content (AvgIpc) is 3.17. The van der Waals surface area contributed by atoms with Crippen molar-refractivity contribution < 1.29 is 22.8 Å². The highest BCUT2D eigenvalue weighted by molar-refractivity contribution is 6.46. The molecule has 3 aromatic carbocycles. The number of anilines is 1. The number of carbonyl (C=O) groups is 2. The third kappa shape index (κ3) is 4.26. The Morgan fingerprint density at radius 2 is 1.68 bits per heavy atom. The fourth-order valence-corrected chi connectivity index (χ4v) is 3.50. The number of fused-ring (bicyclic) bond motifs is 1. The number of halogens is 3. The van der Waals surface area contributed by atoms with Crippen molar-refractivity contribution in [1.29, 1.82) is 0 Å². The lowest BCUT2D eigenvalue weighted by Crippen LogP contribution is -2.14. The number of hydrogen-bond donors (Lipinski definition) is 1. The van der Waals surface area contributed by atoms with Crippen molar-refractivity contribution in [1.82, 2.24) is 0 Å². The zero-order valence-electron chi connectivity index (χ0n) is 16.5. The van der Waals surface area contributed by atoms with E-state index in [1.807, 2.05) is 24.3 Å². The normalized spacial score (nSPS) is 12.8. The van der Waals surface area contributed by atoms with Gasteiger partial charge in [0.15, 0.2) is 5.78 Å². The second kappa shape index (κ2) is 7.83. The summed E-state index contributed by atoms with van der Waals surface area (Å²) < 4.78 is 38.7. The van der Waals surface area contributed by atoms with Crippen LogP contribution in [0.25, 0.3) is 11.1 Å². The Balaban J connectivity index is 1.56. The van der Waals surface area contributed by atoms with Crippen LogP contribution in [0.15, 0.2) is 71.7 Å². The van der Waals surface area contributed by atoms with Gasteiger partial charge in [0, 0.05) is 23.7 Å². The van der Waals surface area contributed by atoms with Crippen LogP contribution in [0.2, 0.25) is 0 Å². The van der Waals surface area contributed by atoms with E-state index < -0.39 is 17.6 Å². The van der Waals surface area contributed by atoms with E-state index in [1.165, 1.54) is 19.1 Å². The fraction of sp³-hybridized carbons (Fsp3) is 0.125. The van der Waals surface area contributed by atoms with Gasteiger partial charge in [0.1, 0.15) is 5.71 Å². The van der Waals surface area contributed by atoms with Gasteiger partial charge in [-0.25, -0.2) is 0 Å². The van der Waals surface area contributed by atoms with Gasteiger partial charge in [-0.2, -0.15) is 13.2 Å². The first-order valence-electron chi connectivity index (χ1n) is 9.50. The molecule has 0 radical (unpaired) electrons. The predicted molar refractivity (Wildman–Crippen MR) is 112 cm³/mol. The van der Waals surface area contributed by atoms with Gasteiger partial charge < -0.3 is 5.32 Å². The number of alkyl halides is 3. The predicted octanol–water partition coefficient (Wildman–Crippen LogP) is 5.52. The van der Waals surface area contributed by atoms with E-state index in [-0.39, 0.29) is 11.3 Å². The standard InChI is InChI=1S/C24H17F3N2O2/c1-14(30)22-21-9-8-16(10-18(21)13-28-22)15-4-3-7-20(12-15)29-23(31)17-5-2-6-19(11-17)24(25,26)27/h2-12H,13H2,1H3,(H,29,31). The van der Waals surface area contributed by atoms with Gasteiger partial charge >= 0.3 is 6.18 Å². The van der Waals surface area contributed by atoms with Gasteiger partial charge in [0.2, 0.25) is 0 Å². The second-order valence-electron chi connectivity index (χ2n) is 7.21.